The molecule has 1 aliphatic heterocycles. The smallest absolute Gasteiger partial charge is 0.298 e. The second-order valence-electron chi connectivity index (χ2n) is 5.46. The van der Waals surface area contributed by atoms with Gasteiger partial charge in [0.1, 0.15) is 0 Å². The van der Waals surface area contributed by atoms with Crippen LogP contribution in [0.5, 0.6) is 11.5 Å². The van der Waals surface area contributed by atoms with Crippen molar-refractivity contribution in [1.82, 2.24) is 0 Å². The van der Waals surface area contributed by atoms with E-state index in [4.69, 9.17) is 32.7 Å². The zero-order valence-electron chi connectivity index (χ0n) is 14.5. The molecule has 1 saturated heterocycles. The number of thioether (sulfide) groups is 1. The highest BCUT2D eigenvalue weighted by atomic mass is 35.5. The number of hydrogen-bond donors (Lipinski definition) is 0. The molecule has 3 rings (SSSR count). The van der Waals surface area contributed by atoms with Crippen LogP contribution in [-0.2, 0) is 4.79 Å². The SMILES string of the molecule is CCOc1cc(/C=C2/SC(=O)N(c3ccc(Cl)cc3)C2=O)cc(Cl)c1OC. The molecule has 2 aromatic carbocycles. The topological polar surface area (TPSA) is 55.8 Å². The molecule has 2 aromatic rings. The molecule has 1 heterocycles. The van der Waals surface area contributed by atoms with Crippen LogP contribution in [0.25, 0.3) is 6.08 Å². The summed E-state index contributed by atoms with van der Waals surface area (Å²) in [4.78, 5) is 26.5. The highest BCUT2D eigenvalue weighted by Crippen LogP contribution is 2.40. The van der Waals surface area contributed by atoms with Gasteiger partial charge in [0, 0.05) is 5.02 Å². The summed E-state index contributed by atoms with van der Waals surface area (Å²) in [5.74, 6) is 0.484. The average molecular weight is 424 g/mol. The van der Waals surface area contributed by atoms with Gasteiger partial charge in [-0.2, -0.15) is 0 Å². The van der Waals surface area contributed by atoms with Crippen LogP contribution in [0, 0.1) is 0 Å². The number of methoxy groups -OCH3 is 1. The number of carbonyl (C=O) groups is 2. The van der Waals surface area contributed by atoms with E-state index >= 15 is 0 Å². The maximum Gasteiger partial charge on any atom is 0.298 e. The fourth-order valence-corrected chi connectivity index (χ4v) is 3.83. The van der Waals surface area contributed by atoms with Gasteiger partial charge in [-0.1, -0.05) is 23.2 Å². The molecule has 0 spiro atoms. The number of imide groups is 1. The number of carbonyl (C=O) groups excluding carboxylic acids is 2. The van der Waals surface area contributed by atoms with E-state index in [1.54, 1.807) is 42.5 Å². The predicted molar refractivity (Wildman–Crippen MR) is 109 cm³/mol. The van der Waals surface area contributed by atoms with E-state index in [-0.39, 0.29) is 5.24 Å². The molecule has 0 atom stereocenters. The van der Waals surface area contributed by atoms with Gasteiger partial charge in [-0.25, -0.2) is 4.90 Å². The van der Waals surface area contributed by atoms with E-state index in [9.17, 15) is 9.59 Å². The van der Waals surface area contributed by atoms with Crippen molar-refractivity contribution >= 4 is 57.9 Å². The van der Waals surface area contributed by atoms with E-state index in [1.807, 2.05) is 6.92 Å². The summed E-state index contributed by atoms with van der Waals surface area (Å²) < 4.78 is 10.8. The van der Waals surface area contributed by atoms with Crippen LogP contribution in [0.2, 0.25) is 10.0 Å². The first kappa shape index (κ1) is 19.6. The monoisotopic (exact) mass is 423 g/mol. The quantitative estimate of drug-likeness (QED) is 0.582. The molecule has 0 radical (unpaired) electrons. The van der Waals surface area contributed by atoms with Gasteiger partial charge in [0.15, 0.2) is 11.5 Å². The second kappa shape index (κ2) is 8.25. The first-order chi connectivity index (χ1) is 12.9. The van der Waals surface area contributed by atoms with Crippen molar-refractivity contribution < 1.29 is 19.1 Å². The third-order valence-electron chi connectivity index (χ3n) is 3.71. The Balaban J connectivity index is 1.95. The molecule has 0 unspecified atom stereocenters. The molecule has 140 valence electrons. The van der Waals surface area contributed by atoms with Crippen molar-refractivity contribution in [1.29, 1.82) is 0 Å². The van der Waals surface area contributed by atoms with E-state index in [1.165, 1.54) is 7.11 Å². The van der Waals surface area contributed by atoms with Crippen molar-refractivity contribution in [2.24, 2.45) is 0 Å². The van der Waals surface area contributed by atoms with Gasteiger partial charge in [-0.15, -0.1) is 0 Å². The molecule has 8 heteroatoms. The Bertz CT molecular complexity index is 928. The van der Waals surface area contributed by atoms with Gasteiger partial charge in [0.25, 0.3) is 11.1 Å². The molecule has 1 fully saturated rings. The lowest BCUT2D eigenvalue weighted by molar-refractivity contribution is -0.113. The van der Waals surface area contributed by atoms with Crippen LogP contribution in [0.4, 0.5) is 10.5 Å². The van der Waals surface area contributed by atoms with E-state index < -0.39 is 5.91 Å². The fraction of sp³-hybridized carbons (Fsp3) is 0.158. The first-order valence-electron chi connectivity index (χ1n) is 7.98. The lowest BCUT2D eigenvalue weighted by Crippen LogP contribution is -2.27. The third kappa shape index (κ3) is 4.08. The number of ether oxygens (including phenoxy) is 2. The summed E-state index contributed by atoms with van der Waals surface area (Å²) in [7, 11) is 1.50. The van der Waals surface area contributed by atoms with Crippen molar-refractivity contribution in [2.75, 3.05) is 18.6 Å². The van der Waals surface area contributed by atoms with Gasteiger partial charge < -0.3 is 9.47 Å². The number of halogens is 2. The molecule has 27 heavy (non-hydrogen) atoms. The lowest BCUT2D eigenvalue weighted by atomic mass is 10.1. The Morgan fingerprint density at radius 3 is 2.48 bits per heavy atom. The van der Waals surface area contributed by atoms with Crippen LogP contribution in [0.3, 0.4) is 0 Å². The number of benzene rings is 2. The van der Waals surface area contributed by atoms with Crippen molar-refractivity contribution in [3.63, 3.8) is 0 Å². The molecular formula is C19H15Cl2NO4S. The minimum atomic E-state index is -0.405. The van der Waals surface area contributed by atoms with Gasteiger partial charge in [0.2, 0.25) is 0 Å². The Morgan fingerprint density at radius 1 is 1.15 bits per heavy atom. The minimum absolute atomic E-state index is 0.290. The number of rotatable bonds is 5. The lowest BCUT2D eigenvalue weighted by Gasteiger charge is -2.13. The van der Waals surface area contributed by atoms with Gasteiger partial charge >= 0.3 is 0 Å². The first-order valence-corrected chi connectivity index (χ1v) is 9.55. The van der Waals surface area contributed by atoms with Gasteiger partial charge in [0.05, 0.1) is 29.3 Å². The van der Waals surface area contributed by atoms with Crippen LogP contribution in [0.15, 0.2) is 41.3 Å². The van der Waals surface area contributed by atoms with Crippen LogP contribution >= 0.6 is 35.0 Å². The molecule has 0 bridgehead atoms. The third-order valence-corrected chi connectivity index (χ3v) is 5.11. The van der Waals surface area contributed by atoms with E-state index in [0.717, 1.165) is 16.7 Å². The van der Waals surface area contributed by atoms with E-state index in [2.05, 4.69) is 0 Å². The summed E-state index contributed by atoms with van der Waals surface area (Å²) in [6.45, 7) is 2.28. The van der Waals surface area contributed by atoms with Gasteiger partial charge in [-0.3, -0.25) is 9.59 Å². The summed E-state index contributed by atoms with van der Waals surface area (Å²) >= 11 is 13.0. The number of amides is 2. The summed E-state index contributed by atoms with van der Waals surface area (Å²) in [5, 5.41) is 0.502. The standard InChI is InChI=1S/C19H15Cl2NO4S/c1-3-26-15-9-11(8-14(21)17(15)25-2)10-16-18(23)22(19(24)27-16)13-6-4-12(20)5-7-13/h4-10H,3H2,1-2H3/b16-10+. The Hall–Kier alpha value is -2.15. The highest BCUT2D eigenvalue weighted by Gasteiger charge is 2.36. The molecular weight excluding hydrogens is 409 g/mol. The summed E-state index contributed by atoms with van der Waals surface area (Å²) in [6.07, 6.45) is 1.61. The molecule has 5 nitrogen and oxygen atoms in total. The normalized spacial score (nSPS) is 15.6. The molecule has 0 N–H and O–H groups in total. The maximum absolute atomic E-state index is 12.7. The zero-order valence-corrected chi connectivity index (χ0v) is 16.8. The maximum atomic E-state index is 12.7. The predicted octanol–water partition coefficient (Wildman–Crippen LogP) is 5.64. The zero-order chi connectivity index (χ0) is 19.6. The molecule has 0 aliphatic carbocycles. The Morgan fingerprint density at radius 2 is 1.85 bits per heavy atom. The summed E-state index contributed by atoms with van der Waals surface area (Å²) in [6, 6.07) is 9.87. The second-order valence-corrected chi connectivity index (χ2v) is 7.30. The average Bonchev–Trinajstić information content (AvgIpc) is 2.90. The number of nitrogens with zero attached hydrogens (tertiary/aromatic N) is 1. The largest absolute Gasteiger partial charge is 0.491 e. The molecule has 2 amide bonds. The van der Waals surface area contributed by atoms with Crippen molar-refractivity contribution in [2.45, 2.75) is 6.92 Å². The fourth-order valence-electron chi connectivity index (χ4n) is 2.56. The summed E-state index contributed by atoms with van der Waals surface area (Å²) in [5.41, 5.74) is 1.10. The highest BCUT2D eigenvalue weighted by molar-refractivity contribution is 8.19. The Labute approximate surface area is 170 Å². The van der Waals surface area contributed by atoms with Gasteiger partial charge in [-0.05, 0) is 66.7 Å². The van der Waals surface area contributed by atoms with Crippen LogP contribution in [0.1, 0.15) is 12.5 Å². The molecule has 0 saturated carbocycles. The van der Waals surface area contributed by atoms with Crippen LogP contribution < -0.4 is 14.4 Å². The van der Waals surface area contributed by atoms with Crippen molar-refractivity contribution in [3.8, 4) is 11.5 Å². The molecule has 1 aliphatic rings. The van der Waals surface area contributed by atoms with Crippen LogP contribution in [-0.4, -0.2) is 24.9 Å². The number of hydrogen-bond acceptors (Lipinski definition) is 5. The minimum Gasteiger partial charge on any atom is -0.491 e. The Kier molecular flexibility index (Phi) is 5.99. The van der Waals surface area contributed by atoms with Crippen molar-refractivity contribution in [3.05, 3.63) is 56.9 Å². The molecule has 0 aromatic heterocycles. The number of anilines is 1. The van der Waals surface area contributed by atoms with E-state index in [0.29, 0.717) is 44.3 Å².